The van der Waals surface area contributed by atoms with Crippen molar-refractivity contribution in [3.05, 3.63) is 112 Å². The van der Waals surface area contributed by atoms with Crippen molar-refractivity contribution in [2.75, 3.05) is 33.2 Å². The molecule has 1 aliphatic heterocycles. The molecule has 2 N–H and O–H groups in total. The summed E-state index contributed by atoms with van der Waals surface area (Å²) in [5, 5.41) is 9.36. The SMILES string of the molecule is COc1ccc(C(OC[C@H]2O[C@@H](n3cnc4c(=O)n(C)c(N)nc43)[C@H](O[Si](C)(C)C(C)(C)C)[C@@H]2OP(OCCC#N)N(C(C)C)C(C)C)(c2ccccc2)c2ccc(OC)cc2)cc1. The fourth-order valence-corrected chi connectivity index (χ4v) is 10.8. The van der Waals surface area contributed by atoms with Crippen LogP contribution in [-0.2, 0) is 35.6 Å². The van der Waals surface area contributed by atoms with E-state index >= 15 is 0 Å². The molecule has 0 amide bonds. The Hall–Kier alpha value is -4.69. The number of rotatable bonds is 19. The van der Waals surface area contributed by atoms with Gasteiger partial charge in [0.05, 0.1) is 46.3 Å². The van der Waals surface area contributed by atoms with Gasteiger partial charge in [0, 0.05) is 19.1 Å². The van der Waals surface area contributed by atoms with Gasteiger partial charge in [-0.15, -0.1) is 0 Å². The number of nitrogens with two attached hydrogens (primary N) is 1. The largest absolute Gasteiger partial charge is 0.497 e. The van der Waals surface area contributed by atoms with Gasteiger partial charge in [-0.2, -0.15) is 10.2 Å². The lowest BCUT2D eigenvalue weighted by Gasteiger charge is -2.42. The normalized spacial score (nSPS) is 18.8. The molecule has 6 rings (SSSR count). The van der Waals surface area contributed by atoms with E-state index < -0.39 is 47.0 Å². The topological polar surface area (TPSA) is 170 Å². The van der Waals surface area contributed by atoms with Gasteiger partial charge in [0.25, 0.3) is 14.1 Å². The first kappa shape index (κ1) is 48.8. The van der Waals surface area contributed by atoms with Crippen molar-refractivity contribution in [2.45, 2.75) is 115 Å². The number of hydrogen-bond acceptors (Lipinski definition) is 13. The lowest BCUT2D eigenvalue weighted by Crippen LogP contribution is -2.50. The van der Waals surface area contributed by atoms with E-state index in [1.54, 1.807) is 32.2 Å². The van der Waals surface area contributed by atoms with Gasteiger partial charge in [0.1, 0.15) is 35.4 Å². The van der Waals surface area contributed by atoms with Crippen LogP contribution in [0.25, 0.3) is 11.2 Å². The van der Waals surface area contributed by atoms with Crippen molar-refractivity contribution in [1.82, 2.24) is 23.8 Å². The highest BCUT2D eigenvalue weighted by Gasteiger charge is 2.54. The summed E-state index contributed by atoms with van der Waals surface area (Å²) < 4.78 is 52.4. The zero-order valence-corrected chi connectivity index (χ0v) is 41.0. The molecule has 17 heteroatoms. The van der Waals surface area contributed by atoms with Crippen LogP contribution >= 0.6 is 8.53 Å². The molecule has 3 heterocycles. The summed E-state index contributed by atoms with van der Waals surface area (Å²) in [5.41, 5.74) is 7.68. The maximum absolute atomic E-state index is 13.5. The highest BCUT2D eigenvalue weighted by Crippen LogP contribution is 2.53. The maximum Gasteiger partial charge on any atom is 0.282 e. The van der Waals surface area contributed by atoms with Gasteiger partial charge in [-0.3, -0.25) is 13.9 Å². The Morgan fingerprint density at radius 3 is 1.98 bits per heavy atom. The number of nitriles is 1. The third-order valence-corrected chi connectivity index (χ3v) is 18.7. The molecular weight excluding hydrogens is 850 g/mol. The molecule has 1 fully saturated rings. The fourth-order valence-electron chi connectivity index (χ4n) is 7.76. The average molecular weight is 914 g/mol. The van der Waals surface area contributed by atoms with E-state index in [-0.39, 0.29) is 59.4 Å². The number of aromatic nitrogens is 4. The molecule has 15 nitrogen and oxygen atoms in total. The zero-order chi connectivity index (χ0) is 46.6. The first-order valence-corrected chi connectivity index (χ1v) is 25.7. The molecule has 1 aliphatic rings. The average Bonchev–Trinajstić information content (AvgIpc) is 3.83. The van der Waals surface area contributed by atoms with Crippen molar-refractivity contribution in [3.63, 3.8) is 0 Å². The van der Waals surface area contributed by atoms with Crippen LogP contribution in [0.3, 0.4) is 0 Å². The van der Waals surface area contributed by atoms with Crippen LogP contribution in [0, 0.1) is 11.3 Å². The van der Waals surface area contributed by atoms with E-state index in [1.165, 1.54) is 4.57 Å². The van der Waals surface area contributed by atoms with Crippen molar-refractivity contribution in [3.8, 4) is 17.6 Å². The molecule has 1 saturated heterocycles. The summed E-state index contributed by atoms with van der Waals surface area (Å²) in [4.78, 5) is 22.7. The van der Waals surface area contributed by atoms with Crippen LogP contribution in [0.4, 0.5) is 5.95 Å². The summed E-state index contributed by atoms with van der Waals surface area (Å²) >= 11 is 0. The van der Waals surface area contributed by atoms with Crippen molar-refractivity contribution < 1.29 is 32.4 Å². The minimum Gasteiger partial charge on any atom is -0.497 e. The molecule has 344 valence electrons. The number of nitrogens with zero attached hydrogens (tertiary/aromatic N) is 6. The predicted octanol–water partition coefficient (Wildman–Crippen LogP) is 8.69. The number of imidazole rings is 1. The predicted molar refractivity (Wildman–Crippen MR) is 252 cm³/mol. The number of benzene rings is 3. The molecule has 0 radical (unpaired) electrons. The van der Waals surface area contributed by atoms with Gasteiger partial charge < -0.3 is 38.2 Å². The van der Waals surface area contributed by atoms with Gasteiger partial charge >= 0.3 is 0 Å². The number of methoxy groups -OCH3 is 2. The number of anilines is 1. The van der Waals surface area contributed by atoms with Gasteiger partial charge in [0.2, 0.25) is 5.95 Å². The van der Waals surface area contributed by atoms with Crippen molar-refractivity contribution >= 4 is 34.0 Å². The first-order valence-electron chi connectivity index (χ1n) is 21.6. The lowest BCUT2D eigenvalue weighted by molar-refractivity contribution is -0.0926. The van der Waals surface area contributed by atoms with E-state index in [1.807, 2.05) is 78.9 Å². The Morgan fingerprint density at radius 2 is 1.47 bits per heavy atom. The molecule has 2 aromatic heterocycles. The smallest absolute Gasteiger partial charge is 0.282 e. The van der Waals surface area contributed by atoms with Crippen LogP contribution in [0.1, 0.15) is 77.8 Å². The molecule has 5 atom stereocenters. The maximum atomic E-state index is 13.5. The highest BCUT2D eigenvalue weighted by molar-refractivity contribution is 7.44. The Bertz CT molecular complexity index is 2360. The van der Waals surface area contributed by atoms with Gasteiger partial charge in [0.15, 0.2) is 25.7 Å². The molecule has 64 heavy (non-hydrogen) atoms. The third kappa shape index (κ3) is 9.92. The van der Waals surface area contributed by atoms with Crippen molar-refractivity contribution in [2.24, 2.45) is 7.05 Å². The Labute approximate surface area is 379 Å². The van der Waals surface area contributed by atoms with Gasteiger partial charge in [-0.05, 0) is 86.8 Å². The van der Waals surface area contributed by atoms with Gasteiger partial charge in [-0.1, -0.05) is 75.4 Å². The lowest BCUT2D eigenvalue weighted by atomic mass is 9.80. The standard InChI is InChI=1S/C47H64N7O8PSi/c1-31(2)54(32(3)4)63(59-28-16-27-48)61-40-38(60-44(41(40)62-64(11,12)46(5,6)7)53-30-50-39-42(53)51-45(49)52(8)43(39)55)29-58-47(33-17-14-13-15-18-33,34-19-23-36(56-9)24-20-34)35-21-25-37(57-10)26-22-35/h13-15,17-26,30-32,38,40-41,44H,16,28-29H2,1-12H3,(H2,49,51)/t38-,40-,41-,44-,63?/m1/s1. The van der Waals surface area contributed by atoms with Gasteiger partial charge in [-0.25, -0.2) is 9.65 Å². The fraction of sp³-hybridized carbons (Fsp3) is 0.489. The highest BCUT2D eigenvalue weighted by atomic mass is 31.2. The second-order valence-electron chi connectivity index (χ2n) is 18.0. The first-order chi connectivity index (χ1) is 30.4. The van der Waals surface area contributed by atoms with Crippen LogP contribution < -0.4 is 20.8 Å². The second kappa shape index (κ2) is 20.2. The summed E-state index contributed by atoms with van der Waals surface area (Å²) in [5.74, 6) is 1.42. The molecule has 3 aromatic carbocycles. The Morgan fingerprint density at radius 1 is 0.906 bits per heavy atom. The van der Waals surface area contributed by atoms with Crippen LogP contribution in [0.2, 0.25) is 18.1 Å². The Balaban J connectivity index is 1.58. The summed E-state index contributed by atoms with van der Waals surface area (Å²) in [6.45, 7) is 19.4. The van der Waals surface area contributed by atoms with Crippen LogP contribution in [0.5, 0.6) is 11.5 Å². The molecule has 0 bridgehead atoms. The van der Waals surface area contributed by atoms with E-state index in [0.717, 1.165) is 16.7 Å². The summed E-state index contributed by atoms with van der Waals surface area (Å²) in [6, 6.07) is 28.0. The molecule has 1 unspecified atom stereocenters. The van der Waals surface area contributed by atoms with E-state index in [2.05, 4.69) is 82.3 Å². The molecule has 0 saturated carbocycles. The summed E-state index contributed by atoms with van der Waals surface area (Å²) in [7, 11) is 0.379. The number of fused-ring (bicyclic) bond motifs is 1. The van der Waals surface area contributed by atoms with E-state index in [4.69, 9.17) is 38.2 Å². The molecular formula is C47H64N7O8PSi. The number of ether oxygens (including phenoxy) is 4. The minimum absolute atomic E-state index is 0.0117. The third-order valence-electron chi connectivity index (χ3n) is 12.1. The molecule has 0 spiro atoms. The van der Waals surface area contributed by atoms with Crippen LogP contribution in [0.15, 0.2) is 90.0 Å². The number of nitrogen functional groups attached to an aromatic ring is 1. The minimum atomic E-state index is -2.64. The molecule has 0 aliphatic carbocycles. The second-order valence-corrected chi connectivity index (χ2v) is 24.2. The zero-order valence-electron chi connectivity index (χ0n) is 39.1. The monoisotopic (exact) mass is 913 g/mol. The van der Waals surface area contributed by atoms with Crippen LogP contribution in [-0.4, -0.2) is 89.9 Å². The molecule has 5 aromatic rings. The van der Waals surface area contributed by atoms with Crippen molar-refractivity contribution in [1.29, 1.82) is 5.26 Å². The quantitative estimate of drug-likeness (QED) is 0.0362. The summed E-state index contributed by atoms with van der Waals surface area (Å²) in [6.07, 6.45) is -1.61. The van der Waals surface area contributed by atoms with E-state index in [0.29, 0.717) is 11.5 Å². The Kier molecular flexibility index (Phi) is 15.4. The number of hydrogen-bond donors (Lipinski definition) is 1. The van der Waals surface area contributed by atoms with E-state index in [9.17, 15) is 10.1 Å².